The maximum absolute atomic E-state index is 5.52. The fraction of sp³-hybridized carbons (Fsp3) is 0.714. The molecule has 0 aromatic carbocycles. The molecule has 2 N–H and O–H groups in total. The van der Waals surface area contributed by atoms with Gasteiger partial charge < -0.3 is 15.5 Å². The summed E-state index contributed by atoms with van der Waals surface area (Å²) in [6, 6.07) is 4.21. The highest BCUT2D eigenvalue weighted by molar-refractivity contribution is 5.36. The number of aromatic nitrogens is 2. The van der Waals surface area contributed by atoms with E-state index in [0.717, 1.165) is 31.0 Å². The molecule has 0 saturated carbocycles. The molecule has 0 amide bonds. The quantitative estimate of drug-likeness (QED) is 0.861. The van der Waals surface area contributed by atoms with E-state index in [-0.39, 0.29) is 0 Å². The summed E-state index contributed by atoms with van der Waals surface area (Å²) in [5.74, 6) is 1.47. The highest BCUT2D eigenvalue weighted by Gasteiger charge is 2.20. The van der Waals surface area contributed by atoms with E-state index in [1.54, 1.807) is 0 Å². The Morgan fingerprint density at radius 2 is 2.26 bits per heavy atom. The summed E-state index contributed by atoms with van der Waals surface area (Å²) in [6.07, 6.45) is 3.45. The lowest BCUT2D eigenvalue weighted by Gasteiger charge is -2.29. The van der Waals surface area contributed by atoms with Crippen molar-refractivity contribution in [2.45, 2.75) is 25.2 Å². The molecule has 106 valence electrons. The average Bonchev–Trinajstić information content (AvgIpc) is 2.45. The van der Waals surface area contributed by atoms with Crippen LogP contribution in [0, 0.1) is 0 Å². The highest BCUT2D eigenvalue weighted by Crippen LogP contribution is 2.24. The third kappa shape index (κ3) is 3.88. The Kier molecular flexibility index (Phi) is 5.10. The molecule has 1 aliphatic heterocycles. The van der Waals surface area contributed by atoms with Gasteiger partial charge in [-0.1, -0.05) is 0 Å². The first-order valence-electron chi connectivity index (χ1n) is 7.14. The van der Waals surface area contributed by atoms with E-state index in [4.69, 9.17) is 5.73 Å². The minimum absolute atomic E-state index is 0.537. The van der Waals surface area contributed by atoms with Crippen LogP contribution in [0.1, 0.15) is 30.9 Å². The van der Waals surface area contributed by atoms with Crippen molar-refractivity contribution in [3.05, 3.63) is 17.8 Å². The Bertz CT molecular complexity index is 378. The maximum Gasteiger partial charge on any atom is 0.150 e. The zero-order chi connectivity index (χ0) is 13.7. The van der Waals surface area contributed by atoms with Crippen molar-refractivity contribution in [1.29, 1.82) is 0 Å². The normalized spacial score (nSPS) is 20.5. The van der Waals surface area contributed by atoms with E-state index in [9.17, 15) is 0 Å². The Hall–Kier alpha value is -1.20. The van der Waals surface area contributed by atoms with Gasteiger partial charge >= 0.3 is 0 Å². The van der Waals surface area contributed by atoms with Gasteiger partial charge in [-0.2, -0.15) is 5.10 Å². The summed E-state index contributed by atoms with van der Waals surface area (Å²) in [4.78, 5) is 4.48. The van der Waals surface area contributed by atoms with Crippen LogP contribution in [0.25, 0.3) is 0 Å². The zero-order valence-corrected chi connectivity index (χ0v) is 12.0. The van der Waals surface area contributed by atoms with Gasteiger partial charge in [-0.3, -0.25) is 0 Å². The van der Waals surface area contributed by atoms with Crippen LogP contribution in [-0.2, 0) is 0 Å². The molecule has 19 heavy (non-hydrogen) atoms. The fourth-order valence-corrected chi connectivity index (χ4v) is 2.61. The van der Waals surface area contributed by atoms with Crippen LogP contribution >= 0.6 is 0 Å². The summed E-state index contributed by atoms with van der Waals surface area (Å²) in [5.41, 5.74) is 6.65. The van der Waals surface area contributed by atoms with Crippen molar-refractivity contribution < 1.29 is 0 Å². The number of nitrogens with two attached hydrogens (primary N) is 1. The van der Waals surface area contributed by atoms with Gasteiger partial charge in [-0.15, -0.1) is 5.10 Å². The minimum Gasteiger partial charge on any atom is -0.358 e. The minimum atomic E-state index is 0.537. The molecule has 0 radical (unpaired) electrons. The van der Waals surface area contributed by atoms with Crippen LogP contribution < -0.4 is 10.6 Å². The Balaban J connectivity index is 1.97. The Morgan fingerprint density at radius 1 is 1.42 bits per heavy atom. The van der Waals surface area contributed by atoms with Crippen molar-refractivity contribution in [3.63, 3.8) is 0 Å². The first kappa shape index (κ1) is 14.2. The number of hydrogen-bond acceptors (Lipinski definition) is 5. The molecule has 1 fully saturated rings. The number of piperidine rings is 1. The van der Waals surface area contributed by atoms with Gasteiger partial charge in [-0.25, -0.2) is 0 Å². The van der Waals surface area contributed by atoms with Crippen molar-refractivity contribution in [3.8, 4) is 0 Å². The average molecular weight is 263 g/mol. The third-order valence-electron chi connectivity index (χ3n) is 3.80. The molecule has 2 rings (SSSR count). The van der Waals surface area contributed by atoms with Crippen LogP contribution in [0.5, 0.6) is 0 Å². The molecule has 0 bridgehead atoms. The highest BCUT2D eigenvalue weighted by atomic mass is 15.2. The molecule has 2 heterocycles. The second-order valence-electron chi connectivity index (χ2n) is 5.48. The monoisotopic (exact) mass is 263 g/mol. The van der Waals surface area contributed by atoms with E-state index >= 15 is 0 Å². The van der Waals surface area contributed by atoms with Crippen LogP contribution in [0.4, 0.5) is 5.82 Å². The Morgan fingerprint density at radius 3 is 2.89 bits per heavy atom. The van der Waals surface area contributed by atoms with Gasteiger partial charge in [0, 0.05) is 26.1 Å². The summed E-state index contributed by atoms with van der Waals surface area (Å²) >= 11 is 0. The number of rotatable bonds is 5. The fourth-order valence-electron chi connectivity index (χ4n) is 2.61. The molecular weight excluding hydrogens is 238 g/mol. The molecule has 1 saturated heterocycles. The predicted octanol–water partition coefficient (Wildman–Crippen LogP) is 1.07. The molecule has 5 heteroatoms. The van der Waals surface area contributed by atoms with Gasteiger partial charge in [-0.05, 0) is 51.5 Å². The molecule has 1 aromatic rings. The molecule has 1 atom stereocenters. The third-order valence-corrected chi connectivity index (χ3v) is 3.80. The lowest BCUT2D eigenvalue weighted by atomic mass is 9.95. The smallest absolute Gasteiger partial charge is 0.150 e. The van der Waals surface area contributed by atoms with E-state index in [1.165, 1.54) is 19.4 Å². The topological polar surface area (TPSA) is 58.3 Å². The van der Waals surface area contributed by atoms with Gasteiger partial charge in [0.05, 0.1) is 5.69 Å². The number of anilines is 1. The zero-order valence-electron chi connectivity index (χ0n) is 12.0. The van der Waals surface area contributed by atoms with E-state index in [1.807, 2.05) is 7.05 Å². The number of likely N-dealkylation sites (N-methyl/N-ethyl adjacent to an activating group) is 1. The van der Waals surface area contributed by atoms with E-state index in [0.29, 0.717) is 12.5 Å². The van der Waals surface area contributed by atoms with E-state index in [2.05, 4.69) is 39.2 Å². The van der Waals surface area contributed by atoms with Crippen molar-refractivity contribution >= 4 is 5.82 Å². The van der Waals surface area contributed by atoms with Crippen molar-refractivity contribution in [1.82, 2.24) is 15.1 Å². The standard InChI is InChI=1S/C14H25N5/c1-18-9-3-5-12(11-18)13-6-7-14(17-16-13)19(2)10-4-8-15/h6-7,12H,3-5,8-11,15H2,1-2H3. The van der Waals surface area contributed by atoms with Crippen molar-refractivity contribution in [2.75, 3.05) is 45.2 Å². The molecule has 0 spiro atoms. The molecule has 1 aromatic heterocycles. The largest absolute Gasteiger partial charge is 0.358 e. The van der Waals surface area contributed by atoms with Gasteiger partial charge in [0.25, 0.3) is 0 Å². The lowest BCUT2D eigenvalue weighted by molar-refractivity contribution is 0.248. The first-order chi connectivity index (χ1) is 9.20. The number of likely N-dealkylation sites (tertiary alicyclic amines) is 1. The molecule has 0 aliphatic carbocycles. The molecule has 1 unspecified atom stereocenters. The molecular formula is C14H25N5. The summed E-state index contributed by atoms with van der Waals surface area (Å²) < 4.78 is 0. The van der Waals surface area contributed by atoms with Crippen LogP contribution in [0.15, 0.2) is 12.1 Å². The second kappa shape index (κ2) is 6.82. The molecule has 1 aliphatic rings. The summed E-state index contributed by atoms with van der Waals surface area (Å²) in [7, 11) is 4.21. The Labute approximate surface area is 115 Å². The van der Waals surface area contributed by atoms with Crippen LogP contribution in [0.3, 0.4) is 0 Å². The SMILES string of the molecule is CN1CCCC(c2ccc(N(C)CCCN)nn2)C1. The molecule has 5 nitrogen and oxygen atoms in total. The number of nitrogens with zero attached hydrogens (tertiary/aromatic N) is 4. The second-order valence-corrected chi connectivity index (χ2v) is 5.48. The van der Waals surface area contributed by atoms with E-state index < -0.39 is 0 Å². The summed E-state index contributed by atoms with van der Waals surface area (Å²) in [5, 5.41) is 8.76. The maximum atomic E-state index is 5.52. The predicted molar refractivity (Wildman–Crippen MR) is 78.4 cm³/mol. The van der Waals surface area contributed by atoms with Crippen LogP contribution in [-0.4, -0.2) is 55.4 Å². The van der Waals surface area contributed by atoms with Crippen molar-refractivity contribution in [2.24, 2.45) is 5.73 Å². The van der Waals surface area contributed by atoms with Gasteiger partial charge in [0.1, 0.15) is 0 Å². The van der Waals surface area contributed by atoms with Gasteiger partial charge in [0.15, 0.2) is 5.82 Å². The first-order valence-corrected chi connectivity index (χ1v) is 7.14. The number of hydrogen-bond donors (Lipinski definition) is 1. The lowest BCUT2D eigenvalue weighted by Crippen LogP contribution is -2.31. The van der Waals surface area contributed by atoms with Gasteiger partial charge in [0.2, 0.25) is 0 Å². The summed E-state index contributed by atoms with van der Waals surface area (Å²) in [6.45, 7) is 3.93. The van der Waals surface area contributed by atoms with Crippen LogP contribution in [0.2, 0.25) is 0 Å².